The highest BCUT2D eigenvalue weighted by Gasteiger charge is 2.22. The molecule has 2 aromatic carbocycles. The Balaban J connectivity index is 1.89. The highest BCUT2D eigenvalue weighted by molar-refractivity contribution is 5.90. The van der Waals surface area contributed by atoms with Crippen LogP contribution in [0.5, 0.6) is 0 Å². The lowest BCUT2D eigenvalue weighted by atomic mass is 10.0. The third-order valence-electron chi connectivity index (χ3n) is 5.47. The fourth-order valence-electron chi connectivity index (χ4n) is 3.92. The van der Waals surface area contributed by atoms with E-state index in [1.807, 2.05) is 12.1 Å². The SMILES string of the molecule is CCc1ccc2c(c1)c1c(n2/C=C(\C)c2ccc(F)cc2)CCN(C)C1. The van der Waals surface area contributed by atoms with Gasteiger partial charge in [0.1, 0.15) is 5.82 Å². The Labute approximate surface area is 154 Å². The van der Waals surface area contributed by atoms with Gasteiger partial charge in [0.2, 0.25) is 0 Å². The number of hydrogen-bond donors (Lipinski definition) is 0. The first-order valence-corrected chi connectivity index (χ1v) is 9.34. The highest BCUT2D eigenvalue weighted by Crippen LogP contribution is 2.33. The van der Waals surface area contributed by atoms with E-state index >= 15 is 0 Å². The summed E-state index contributed by atoms with van der Waals surface area (Å²) in [5, 5.41) is 1.37. The van der Waals surface area contributed by atoms with Crippen LogP contribution in [0.15, 0.2) is 42.5 Å². The van der Waals surface area contributed by atoms with Crippen molar-refractivity contribution in [3.05, 3.63) is 70.7 Å². The van der Waals surface area contributed by atoms with E-state index in [0.717, 1.165) is 37.1 Å². The normalized spacial score (nSPS) is 15.5. The molecule has 0 bridgehead atoms. The molecule has 0 aliphatic carbocycles. The van der Waals surface area contributed by atoms with E-state index < -0.39 is 0 Å². The first-order valence-electron chi connectivity index (χ1n) is 9.34. The van der Waals surface area contributed by atoms with Gasteiger partial charge in [0.25, 0.3) is 0 Å². The zero-order valence-corrected chi connectivity index (χ0v) is 15.7. The number of benzene rings is 2. The summed E-state index contributed by atoms with van der Waals surface area (Å²) in [6.45, 7) is 6.37. The van der Waals surface area contributed by atoms with E-state index in [4.69, 9.17) is 0 Å². The monoisotopic (exact) mass is 348 g/mol. The molecular formula is C23H25FN2. The summed E-state index contributed by atoms with van der Waals surface area (Å²) in [5.41, 5.74) is 7.71. The lowest BCUT2D eigenvalue weighted by molar-refractivity contribution is 0.312. The number of halogens is 1. The molecule has 0 saturated carbocycles. The molecular weight excluding hydrogens is 323 g/mol. The fourth-order valence-corrected chi connectivity index (χ4v) is 3.92. The minimum Gasteiger partial charge on any atom is -0.320 e. The van der Waals surface area contributed by atoms with E-state index in [0.29, 0.717) is 0 Å². The maximum absolute atomic E-state index is 13.2. The number of likely N-dealkylation sites (N-methyl/N-ethyl adjacent to an activating group) is 1. The second-order valence-electron chi connectivity index (χ2n) is 7.31. The van der Waals surface area contributed by atoms with Gasteiger partial charge in [0.05, 0.1) is 5.52 Å². The summed E-state index contributed by atoms with van der Waals surface area (Å²) < 4.78 is 15.6. The van der Waals surface area contributed by atoms with Crippen LogP contribution in [0.4, 0.5) is 4.39 Å². The molecule has 4 rings (SSSR count). The van der Waals surface area contributed by atoms with Gasteiger partial charge in [-0.25, -0.2) is 4.39 Å². The Morgan fingerprint density at radius 2 is 1.92 bits per heavy atom. The van der Waals surface area contributed by atoms with Crippen molar-refractivity contribution >= 4 is 22.7 Å². The van der Waals surface area contributed by atoms with Crippen LogP contribution in [0.2, 0.25) is 0 Å². The van der Waals surface area contributed by atoms with E-state index in [2.05, 4.69) is 54.8 Å². The molecule has 2 heterocycles. The summed E-state index contributed by atoms with van der Waals surface area (Å²) in [7, 11) is 2.19. The minimum absolute atomic E-state index is 0.194. The molecule has 1 aromatic heterocycles. The topological polar surface area (TPSA) is 8.17 Å². The van der Waals surface area contributed by atoms with Crippen LogP contribution in [0, 0.1) is 5.82 Å². The first kappa shape index (κ1) is 17.0. The fraction of sp³-hybridized carbons (Fsp3) is 0.304. The van der Waals surface area contributed by atoms with Gasteiger partial charge in [-0.3, -0.25) is 0 Å². The number of fused-ring (bicyclic) bond motifs is 3. The molecule has 1 aliphatic rings. The van der Waals surface area contributed by atoms with E-state index in [1.54, 1.807) is 0 Å². The summed E-state index contributed by atoms with van der Waals surface area (Å²) in [5.74, 6) is -0.194. The summed E-state index contributed by atoms with van der Waals surface area (Å²) in [6, 6.07) is 13.6. The van der Waals surface area contributed by atoms with Gasteiger partial charge in [-0.1, -0.05) is 25.1 Å². The van der Waals surface area contributed by atoms with Gasteiger partial charge in [0, 0.05) is 36.8 Å². The van der Waals surface area contributed by atoms with Crippen LogP contribution < -0.4 is 0 Å². The van der Waals surface area contributed by atoms with Crippen molar-refractivity contribution < 1.29 is 4.39 Å². The zero-order valence-electron chi connectivity index (χ0n) is 15.7. The Hall–Kier alpha value is -2.39. The van der Waals surface area contributed by atoms with E-state index in [1.165, 1.54) is 39.9 Å². The molecule has 3 aromatic rings. The number of nitrogens with zero attached hydrogens (tertiary/aromatic N) is 2. The second-order valence-corrected chi connectivity index (χ2v) is 7.31. The summed E-state index contributed by atoms with van der Waals surface area (Å²) >= 11 is 0. The molecule has 134 valence electrons. The summed E-state index contributed by atoms with van der Waals surface area (Å²) in [6.07, 6.45) is 4.32. The lowest BCUT2D eigenvalue weighted by Gasteiger charge is -2.23. The average molecular weight is 348 g/mol. The number of allylic oxidation sites excluding steroid dienone is 1. The van der Waals surface area contributed by atoms with Gasteiger partial charge in [-0.2, -0.15) is 0 Å². The smallest absolute Gasteiger partial charge is 0.123 e. The molecule has 0 saturated heterocycles. The van der Waals surface area contributed by atoms with Crippen LogP contribution in [0.1, 0.15) is 36.2 Å². The quantitative estimate of drug-likeness (QED) is 0.619. The lowest BCUT2D eigenvalue weighted by Crippen LogP contribution is -2.26. The Bertz CT molecular complexity index is 980. The maximum atomic E-state index is 13.2. The molecule has 0 spiro atoms. The van der Waals surface area contributed by atoms with Crippen molar-refractivity contribution in [3.8, 4) is 0 Å². The Morgan fingerprint density at radius 3 is 2.65 bits per heavy atom. The number of rotatable bonds is 3. The van der Waals surface area contributed by atoms with E-state index in [-0.39, 0.29) is 5.82 Å². The molecule has 0 radical (unpaired) electrons. The van der Waals surface area contributed by atoms with Gasteiger partial charge in [0.15, 0.2) is 0 Å². The van der Waals surface area contributed by atoms with E-state index in [9.17, 15) is 4.39 Å². The Morgan fingerprint density at radius 1 is 1.15 bits per heavy atom. The average Bonchev–Trinajstić information content (AvgIpc) is 2.94. The largest absolute Gasteiger partial charge is 0.320 e. The minimum atomic E-state index is -0.194. The molecule has 2 nitrogen and oxygen atoms in total. The third kappa shape index (κ3) is 2.97. The van der Waals surface area contributed by atoms with Crippen LogP contribution >= 0.6 is 0 Å². The predicted molar refractivity (Wildman–Crippen MR) is 108 cm³/mol. The first-order chi connectivity index (χ1) is 12.6. The van der Waals surface area contributed by atoms with Crippen molar-refractivity contribution in [1.82, 2.24) is 9.47 Å². The molecule has 0 fully saturated rings. The van der Waals surface area contributed by atoms with Crippen molar-refractivity contribution in [2.45, 2.75) is 33.2 Å². The second kappa shape index (κ2) is 6.73. The summed E-state index contributed by atoms with van der Waals surface area (Å²) in [4.78, 5) is 2.39. The van der Waals surface area contributed by atoms with Gasteiger partial charge in [-0.05, 0) is 66.9 Å². The maximum Gasteiger partial charge on any atom is 0.123 e. The molecule has 0 amide bonds. The highest BCUT2D eigenvalue weighted by atomic mass is 19.1. The molecule has 1 aliphatic heterocycles. The molecule has 0 unspecified atom stereocenters. The van der Waals surface area contributed by atoms with Crippen LogP contribution in [0.25, 0.3) is 22.7 Å². The van der Waals surface area contributed by atoms with Crippen molar-refractivity contribution in [3.63, 3.8) is 0 Å². The Kier molecular flexibility index (Phi) is 4.41. The van der Waals surface area contributed by atoms with Crippen molar-refractivity contribution in [2.75, 3.05) is 13.6 Å². The molecule has 0 atom stereocenters. The van der Waals surface area contributed by atoms with Gasteiger partial charge >= 0.3 is 0 Å². The molecule has 3 heteroatoms. The zero-order chi connectivity index (χ0) is 18.3. The van der Waals surface area contributed by atoms with Crippen molar-refractivity contribution in [1.29, 1.82) is 0 Å². The molecule has 26 heavy (non-hydrogen) atoms. The van der Waals surface area contributed by atoms with Crippen molar-refractivity contribution in [2.24, 2.45) is 0 Å². The number of hydrogen-bond acceptors (Lipinski definition) is 1. The predicted octanol–water partition coefficient (Wildman–Crippen LogP) is 5.35. The standard InChI is InChI=1S/C23H25FN2/c1-4-17-5-10-22-20(13-17)21-15-25(3)12-11-23(21)26(22)14-16(2)18-6-8-19(24)9-7-18/h5-10,13-14H,4,11-12,15H2,1-3H3/b16-14+. The van der Waals surface area contributed by atoms with Crippen LogP contribution in [0.3, 0.4) is 0 Å². The van der Waals surface area contributed by atoms with Crippen LogP contribution in [-0.4, -0.2) is 23.1 Å². The number of aromatic nitrogens is 1. The van der Waals surface area contributed by atoms with Gasteiger partial charge in [-0.15, -0.1) is 0 Å². The third-order valence-corrected chi connectivity index (χ3v) is 5.47. The van der Waals surface area contributed by atoms with Crippen LogP contribution in [-0.2, 0) is 19.4 Å². The van der Waals surface area contributed by atoms with Gasteiger partial charge < -0.3 is 9.47 Å². The molecule has 0 N–H and O–H groups in total. The number of aryl methyl sites for hydroxylation is 1.